The number of nitrogens with zero attached hydrogens (tertiary/aromatic N) is 3. The number of piperidine rings is 1. The number of carbonyl (C=O) groups is 2. The molecule has 2 fully saturated rings. The fourth-order valence-corrected chi connectivity index (χ4v) is 4.49. The van der Waals surface area contributed by atoms with Gasteiger partial charge in [-0.15, -0.1) is 0 Å². The Balaban J connectivity index is 1.41. The Bertz CT molecular complexity index is 876. The van der Waals surface area contributed by atoms with Gasteiger partial charge in [0.25, 0.3) is 0 Å². The second kappa shape index (κ2) is 8.27. The van der Waals surface area contributed by atoms with Crippen LogP contribution < -0.4 is 10.5 Å². The summed E-state index contributed by atoms with van der Waals surface area (Å²) in [5, 5.41) is 4.32. The lowest BCUT2D eigenvalue weighted by molar-refractivity contribution is -0.136. The summed E-state index contributed by atoms with van der Waals surface area (Å²) in [6, 6.07) is 7.36. The molecule has 2 aliphatic rings. The zero-order valence-electron chi connectivity index (χ0n) is 16.8. The Kier molecular flexibility index (Phi) is 5.56. The first-order valence-corrected chi connectivity index (χ1v) is 10.4. The third-order valence-corrected chi connectivity index (χ3v) is 6.27. The van der Waals surface area contributed by atoms with E-state index in [4.69, 9.17) is 10.5 Å². The van der Waals surface area contributed by atoms with Crippen LogP contribution in [0.25, 0.3) is 5.69 Å². The SMILES string of the molecule is COc1ccc(-n2ncc(C(=O)C3CCN(C(=O)C4CCCC4)CC3)c2N)cc1. The Morgan fingerprint density at radius 3 is 2.31 bits per heavy atom. The minimum atomic E-state index is -0.113. The summed E-state index contributed by atoms with van der Waals surface area (Å²) in [4.78, 5) is 27.6. The van der Waals surface area contributed by atoms with Crippen LogP contribution in [0.3, 0.4) is 0 Å². The predicted octanol–water partition coefficient (Wildman–Crippen LogP) is 3.07. The number of anilines is 1. The van der Waals surface area contributed by atoms with Crippen LogP contribution in [0.4, 0.5) is 5.82 Å². The van der Waals surface area contributed by atoms with E-state index in [0.717, 1.165) is 37.1 Å². The molecular weight excluding hydrogens is 368 g/mol. The van der Waals surface area contributed by atoms with E-state index in [-0.39, 0.29) is 23.5 Å². The molecule has 1 aliphatic heterocycles. The van der Waals surface area contributed by atoms with Gasteiger partial charge >= 0.3 is 0 Å². The molecule has 7 heteroatoms. The molecule has 1 aromatic carbocycles. The van der Waals surface area contributed by atoms with Crippen LogP contribution in [0, 0.1) is 11.8 Å². The van der Waals surface area contributed by atoms with E-state index in [0.29, 0.717) is 37.3 Å². The Morgan fingerprint density at radius 2 is 1.69 bits per heavy atom. The number of hydrogen-bond donors (Lipinski definition) is 1. The van der Waals surface area contributed by atoms with E-state index in [1.165, 1.54) is 0 Å². The number of carbonyl (C=O) groups excluding carboxylic acids is 2. The summed E-state index contributed by atoms with van der Waals surface area (Å²) in [6.07, 6.45) is 7.26. The van der Waals surface area contributed by atoms with Crippen molar-refractivity contribution in [3.63, 3.8) is 0 Å². The summed E-state index contributed by atoms with van der Waals surface area (Å²) in [5.74, 6) is 1.48. The molecule has 2 aromatic rings. The van der Waals surface area contributed by atoms with Crippen LogP contribution in [0.5, 0.6) is 5.75 Å². The van der Waals surface area contributed by atoms with Gasteiger partial charge in [0, 0.05) is 24.9 Å². The minimum Gasteiger partial charge on any atom is -0.497 e. The van der Waals surface area contributed by atoms with Gasteiger partial charge < -0.3 is 15.4 Å². The van der Waals surface area contributed by atoms with Gasteiger partial charge in [0.1, 0.15) is 11.6 Å². The van der Waals surface area contributed by atoms with Crippen LogP contribution >= 0.6 is 0 Å². The van der Waals surface area contributed by atoms with Gasteiger partial charge in [-0.05, 0) is 49.9 Å². The van der Waals surface area contributed by atoms with Gasteiger partial charge in [0.05, 0.1) is 24.6 Å². The largest absolute Gasteiger partial charge is 0.497 e. The molecule has 1 saturated heterocycles. The number of nitrogen functional groups attached to an aromatic ring is 1. The molecule has 2 N–H and O–H groups in total. The predicted molar refractivity (Wildman–Crippen MR) is 110 cm³/mol. The summed E-state index contributed by atoms with van der Waals surface area (Å²) < 4.78 is 6.75. The highest BCUT2D eigenvalue weighted by molar-refractivity contribution is 6.01. The number of aromatic nitrogens is 2. The smallest absolute Gasteiger partial charge is 0.225 e. The average Bonchev–Trinajstić information content (AvgIpc) is 3.43. The van der Waals surface area contributed by atoms with Gasteiger partial charge in [-0.25, -0.2) is 4.68 Å². The Labute approximate surface area is 170 Å². The lowest BCUT2D eigenvalue weighted by Gasteiger charge is -2.33. The average molecular weight is 396 g/mol. The fraction of sp³-hybridized carbons (Fsp3) is 0.500. The summed E-state index contributed by atoms with van der Waals surface area (Å²) >= 11 is 0. The number of benzene rings is 1. The monoisotopic (exact) mass is 396 g/mol. The topological polar surface area (TPSA) is 90.5 Å². The van der Waals surface area contributed by atoms with E-state index >= 15 is 0 Å². The quantitative estimate of drug-likeness (QED) is 0.785. The number of ether oxygens (including phenoxy) is 1. The molecule has 29 heavy (non-hydrogen) atoms. The maximum Gasteiger partial charge on any atom is 0.225 e. The van der Waals surface area contributed by atoms with Gasteiger partial charge in [0.2, 0.25) is 5.91 Å². The van der Waals surface area contributed by atoms with Crippen molar-refractivity contribution in [2.45, 2.75) is 38.5 Å². The number of methoxy groups -OCH3 is 1. The molecule has 154 valence electrons. The molecular formula is C22H28N4O3. The van der Waals surface area contributed by atoms with Gasteiger partial charge in [-0.1, -0.05) is 12.8 Å². The van der Waals surface area contributed by atoms with Crippen LogP contribution in [0.15, 0.2) is 30.5 Å². The number of ketones is 1. The lowest BCUT2D eigenvalue weighted by atomic mass is 9.89. The second-order valence-electron chi connectivity index (χ2n) is 8.00. The van der Waals surface area contributed by atoms with Crippen molar-refractivity contribution in [1.82, 2.24) is 14.7 Å². The number of amides is 1. The van der Waals surface area contributed by atoms with Crippen molar-refractivity contribution in [3.8, 4) is 11.4 Å². The molecule has 2 heterocycles. The number of likely N-dealkylation sites (tertiary alicyclic amines) is 1. The summed E-state index contributed by atoms with van der Waals surface area (Å²) in [6.45, 7) is 1.30. The summed E-state index contributed by atoms with van der Waals surface area (Å²) in [5.41, 5.74) is 7.49. The van der Waals surface area contributed by atoms with Gasteiger partial charge in [0.15, 0.2) is 5.78 Å². The van der Waals surface area contributed by atoms with Crippen molar-refractivity contribution in [2.75, 3.05) is 25.9 Å². The van der Waals surface area contributed by atoms with Crippen LogP contribution in [0.1, 0.15) is 48.9 Å². The van der Waals surface area contributed by atoms with Crippen LogP contribution in [0.2, 0.25) is 0 Å². The number of rotatable bonds is 5. The third kappa shape index (κ3) is 3.86. The highest BCUT2D eigenvalue weighted by Crippen LogP contribution is 2.30. The van der Waals surface area contributed by atoms with Crippen LogP contribution in [-0.4, -0.2) is 46.6 Å². The molecule has 1 amide bonds. The highest BCUT2D eigenvalue weighted by atomic mass is 16.5. The molecule has 0 radical (unpaired) electrons. The second-order valence-corrected chi connectivity index (χ2v) is 8.00. The van der Waals surface area contributed by atoms with Crippen molar-refractivity contribution in [3.05, 3.63) is 36.0 Å². The number of nitrogens with two attached hydrogens (primary N) is 1. The van der Waals surface area contributed by atoms with E-state index in [1.54, 1.807) is 18.0 Å². The number of hydrogen-bond acceptors (Lipinski definition) is 5. The first-order valence-electron chi connectivity index (χ1n) is 10.4. The first kappa shape index (κ1) is 19.5. The molecule has 0 atom stereocenters. The molecule has 0 spiro atoms. The minimum absolute atomic E-state index is 0.0234. The zero-order chi connectivity index (χ0) is 20.4. The Morgan fingerprint density at radius 1 is 1.03 bits per heavy atom. The number of Topliss-reactive ketones (excluding diaryl/α,β-unsaturated/α-hetero) is 1. The molecule has 1 saturated carbocycles. The van der Waals surface area contributed by atoms with Gasteiger partial charge in [-0.2, -0.15) is 5.10 Å². The summed E-state index contributed by atoms with van der Waals surface area (Å²) in [7, 11) is 1.61. The van der Waals surface area contributed by atoms with E-state index in [9.17, 15) is 9.59 Å². The van der Waals surface area contributed by atoms with Crippen molar-refractivity contribution >= 4 is 17.5 Å². The van der Waals surface area contributed by atoms with E-state index in [1.807, 2.05) is 29.2 Å². The molecule has 1 aliphatic carbocycles. The lowest BCUT2D eigenvalue weighted by Crippen LogP contribution is -2.42. The maximum absolute atomic E-state index is 13.0. The maximum atomic E-state index is 13.0. The van der Waals surface area contributed by atoms with E-state index in [2.05, 4.69) is 5.10 Å². The van der Waals surface area contributed by atoms with Crippen LogP contribution in [-0.2, 0) is 4.79 Å². The third-order valence-electron chi connectivity index (χ3n) is 6.27. The normalized spacial score (nSPS) is 18.2. The first-order chi connectivity index (χ1) is 14.1. The molecule has 1 aromatic heterocycles. The van der Waals surface area contributed by atoms with E-state index < -0.39 is 0 Å². The molecule has 7 nitrogen and oxygen atoms in total. The van der Waals surface area contributed by atoms with Crippen molar-refractivity contribution < 1.29 is 14.3 Å². The molecule has 0 unspecified atom stereocenters. The molecule has 4 rings (SSSR count). The standard InChI is InChI=1S/C22H28N4O3/c1-29-18-8-6-17(7-9-18)26-21(23)19(14-24-26)20(27)15-10-12-25(13-11-15)22(28)16-4-2-3-5-16/h6-9,14-16H,2-5,10-13,23H2,1H3. The Hall–Kier alpha value is -2.83. The zero-order valence-corrected chi connectivity index (χ0v) is 16.8. The highest BCUT2D eigenvalue weighted by Gasteiger charge is 2.33. The molecule has 0 bridgehead atoms. The van der Waals surface area contributed by atoms with Gasteiger partial charge in [-0.3, -0.25) is 9.59 Å². The van der Waals surface area contributed by atoms with Crippen molar-refractivity contribution in [1.29, 1.82) is 0 Å². The fourth-order valence-electron chi connectivity index (χ4n) is 4.49. The van der Waals surface area contributed by atoms with Crippen molar-refractivity contribution in [2.24, 2.45) is 11.8 Å².